The van der Waals surface area contributed by atoms with Crippen molar-refractivity contribution < 1.29 is 0 Å². The van der Waals surface area contributed by atoms with E-state index >= 15 is 0 Å². The van der Waals surface area contributed by atoms with Gasteiger partial charge in [-0.25, -0.2) is 4.98 Å². The summed E-state index contributed by atoms with van der Waals surface area (Å²) in [6.45, 7) is 10.5. The first kappa shape index (κ1) is 15.5. The van der Waals surface area contributed by atoms with Gasteiger partial charge in [-0.1, -0.05) is 20.8 Å². The highest BCUT2D eigenvalue weighted by molar-refractivity contribution is 5.01. The van der Waals surface area contributed by atoms with Crippen LogP contribution in [-0.4, -0.2) is 40.1 Å². The van der Waals surface area contributed by atoms with Gasteiger partial charge in [0.05, 0.1) is 6.04 Å². The van der Waals surface area contributed by atoms with E-state index in [1.54, 1.807) is 0 Å². The third kappa shape index (κ3) is 3.83. The van der Waals surface area contributed by atoms with Crippen molar-refractivity contribution in [2.45, 2.75) is 52.1 Å². The minimum absolute atomic E-state index is 0.359. The highest BCUT2D eigenvalue weighted by atomic mass is 15.2. The number of aryl methyl sites for hydroxylation is 1. The summed E-state index contributed by atoms with van der Waals surface area (Å²) >= 11 is 0. The van der Waals surface area contributed by atoms with Crippen LogP contribution in [0.5, 0.6) is 0 Å². The van der Waals surface area contributed by atoms with E-state index in [1.807, 2.05) is 12.4 Å². The van der Waals surface area contributed by atoms with Gasteiger partial charge in [0.15, 0.2) is 0 Å². The van der Waals surface area contributed by atoms with Crippen molar-refractivity contribution in [3.63, 3.8) is 0 Å². The number of rotatable bonds is 6. The molecular formula is C16H30N4. The molecule has 1 atom stereocenters. The van der Waals surface area contributed by atoms with Crippen LogP contribution < -0.4 is 5.32 Å². The molecule has 2 rings (SSSR count). The first-order valence-electron chi connectivity index (χ1n) is 8.07. The molecule has 114 valence electrons. The van der Waals surface area contributed by atoms with Gasteiger partial charge >= 0.3 is 0 Å². The molecule has 1 fully saturated rings. The van der Waals surface area contributed by atoms with Crippen molar-refractivity contribution in [3.05, 3.63) is 18.2 Å². The molecule has 20 heavy (non-hydrogen) atoms. The number of nitrogens with one attached hydrogen (secondary N) is 1. The highest BCUT2D eigenvalue weighted by Gasteiger charge is 2.25. The van der Waals surface area contributed by atoms with Crippen LogP contribution in [0, 0.1) is 5.92 Å². The average Bonchev–Trinajstić information content (AvgIpc) is 2.84. The maximum Gasteiger partial charge on any atom is 0.125 e. The molecule has 4 nitrogen and oxygen atoms in total. The topological polar surface area (TPSA) is 33.1 Å². The standard InChI is InChI=1S/C16H30N4/c1-5-9-20-10-6-14(7-11-20)18-15(13(2)3)16-17-8-12-19(16)4/h8,12-15,18H,5-7,9-11H2,1-4H3. The lowest BCUT2D eigenvalue weighted by atomic mass is 9.98. The quantitative estimate of drug-likeness (QED) is 0.868. The molecule has 1 aromatic rings. The van der Waals surface area contributed by atoms with Crippen LogP contribution >= 0.6 is 0 Å². The molecule has 1 aromatic heterocycles. The lowest BCUT2D eigenvalue weighted by Crippen LogP contribution is -2.45. The van der Waals surface area contributed by atoms with Crippen LogP contribution in [0.1, 0.15) is 51.9 Å². The summed E-state index contributed by atoms with van der Waals surface area (Å²) in [6, 6.07) is 0.991. The maximum atomic E-state index is 4.54. The average molecular weight is 278 g/mol. The predicted molar refractivity (Wildman–Crippen MR) is 83.7 cm³/mol. The van der Waals surface area contributed by atoms with E-state index in [2.05, 4.69) is 47.6 Å². The monoisotopic (exact) mass is 278 g/mol. The van der Waals surface area contributed by atoms with Crippen LogP contribution in [-0.2, 0) is 7.05 Å². The molecule has 0 aromatic carbocycles. The summed E-state index contributed by atoms with van der Waals surface area (Å²) in [6.07, 6.45) is 7.72. The third-order valence-electron chi connectivity index (χ3n) is 4.35. The zero-order valence-electron chi connectivity index (χ0n) is 13.5. The zero-order chi connectivity index (χ0) is 14.5. The minimum atomic E-state index is 0.359. The molecule has 0 spiro atoms. The number of aromatic nitrogens is 2. The Morgan fingerprint density at radius 3 is 2.55 bits per heavy atom. The summed E-state index contributed by atoms with van der Waals surface area (Å²) in [5, 5.41) is 3.85. The lowest BCUT2D eigenvalue weighted by molar-refractivity contribution is 0.182. The summed E-state index contributed by atoms with van der Waals surface area (Å²) in [5.74, 6) is 1.72. The first-order valence-corrected chi connectivity index (χ1v) is 8.07. The molecule has 0 radical (unpaired) electrons. The summed E-state index contributed by atoms with van der Waals surface area (Å²) < 4.78 is 2.14. The van der Waals surface area contributed by atoms with Gasteiger partial charge in [0, 0.05) is 25.5 Å². The van der Waals surface area contributed by atoms with E-state index in [-0.39, 0.29) is 0 Å². The van der Waals surface area contributed by atoms with Crippen molar-refractivity contribution in [2.75, 3.05) is 19.6 Å². The van der Waals surface area contributed by atoms with Gasteiger partial charge in [-0.15, -0.1) is 0 Å². The Balaban J connectivity index is 1.92. The second kappa shape index (κ2) is 7.23. The number of piperidine rings is 1. The van der Waals surface area contributed by atoms with Gasteiger partial charge in [0.2, 0.25) is 0 Å². The van der Waals surface area contributed by atoms with Gasteiger partial charge in [0.25, 0.3) is 0 Å². The van der Waals surface area contributed by atoms with E-state index in [9.17, 15) is 0 Å². The summed E-state index contributed by atoms with van der Waals surface area (Å²) in [4.78, 5) is 7.12. The number of nitrogens with zero attached hydrogens (tertiary/aromatic N) is 3. The van der Waals surface area contributed by atoms with Gasteiger partial charge in [-0.3, -0.25) is 0 Å². The van der Waals surface area contributed by atoms with Gasteiger partial charge in [-0.2, -0.15) is 0 Å². The fraction of sp³-hybridized carbons (Fsp3) is 0.812. The highest BCUT2D eigenvalue weighted by Crippen LogP contribution is 2.23. The Morgan fingerprint density at radius 2 is 2.05 bits per heavy atom. The Labute approximate surface area is 123 Å². The molecule has 2 heterocycles. The van der Waals surface area contributed by atoms with E-state index < -0.39 is 0 Å². The number of imidazole rings is 1. The predicted octanol–water partition coefficient (Wildman–Crippen LogP) is 2.58. The van der Waals surface area contributed by atoms with Crippen molar-refractivity contribution in [1.29, 1.82) is 0 Å². The van der Waals surface area contributed by atoms with Gasteiger partial charge < -0.3 is 14.8 Å². The minimum Gasteiger partial charge on any atom is -0.337 e. The van der Waals surface area contributed by atoms with Crippen LogP contribution in [0.3, 0.4) is 0 Å². The summed E-state index contributed by atoms with van der Waals surface area (Å²) in [7, 11) is 2.09. The third-order valence-corrected chi connectivity index (χ3v) is 4.35. The molecule has 0 amide bonds. The fourth-order valence-electron chi connectivity index (χ4n) is 3.14. The van der Waals surface area contributed by atoms with E-state index in [4.69, 9.17) is 0 Å². The molecule has 0 aliphatic carbocycles. The molecule has 1 saturated heterocycles. The molecular weight excluding hydrogens is 248 g/mol. The number of likely N-dealkylation sites (tertiary alicyclic amines) is 1. The van der Waals surface area contributed by atoms with Crippen molar-refractivity contribution in [2.24, 2.45) is 13.0 Å². The Bertz CT molecular complexity index is 391. The van der Waals surface area contributed by atoms with Gasteiger partial charge in [0.1, 0.15) is 5.82 Å². The second-order valence-corrected chi connectivity index (χ2v) is 6.40. The summed E-state index contributed by atoms with van der Waals surface area (Å²) in [5.41, 5.74) is 0. The molecule has 4 heteroatoms. The van der Waals surface area contributed by atoms with Crippen molar-refractivity contribution >= 4 is 0 Å². The van der Waals surface area contributed by atoms with Crippen LogP contribution in [0.2, 0.25) is 0 Å². The lowest BCUT2D eigenvalue weighted by Gasteiger charge is -2.35. The van der Waals surface area contributed by atoms with Crippen LogP contribution in [0.4, 0.5) is 0 Å². The second-order valence-electron chi connectivity index (χ2n) is 6.40. The molecule has 1 aliphatic rings. The largest absolute Gasteiger partial charge is 0.337 e. The smallest absolute Gasteiger partial charge is 0.125 e. The molecule has 0 bridgehead atoms. The molecule has 0 saturated carbocycles. The van der Waals surface area contributed by atoms with Crippen molar-refractivity contribution in [3.8, 4) is 0 Å². The van der Waals surface area contributed by atoms with Crippen molar-refractivity contribution in [1.82, 2.24) is 19.8 Å². The van der Waals surface area contributed by atoms with Crippen LogP contribution in [0.15, 0.2) is 12.4 Å². The molecule has 1 aliphatic heterocycles. The van der Waals surface area contributed by atoms with Gasteiger partial charge in [-0.05, 0) is 44.8 Å². The Hall–Kier alpha value is -0.870. The Kier molecular flexibility index (Phi) is 5.61. The maximum absolute atomic E-state index is 4.54. The molecule has 1 unspecified atom stereocenters. The number of hydrogen-bond donors (Lipinski definition) is 1. The first-order chi connectivity index (χ1) is 9.61. The molecule has 1 N–H and O–H groups in total. The van der Waals surface area contributed by atoms with Crippen LogP contribution in [0.25, 0.3) is 0 Å². The fourth-order valence-corrected chi connectivity index (χ4v) is 3.14. The van der Waals surface area contributed by atoms with E-state index in [0.717, 1.165) is 5.82 Å². The normalized spacial score (nSPS) is 19.6. The number of hydrogen-bond acceptors (Lipinski definition) is 3. The van der Waals surface area contributed by atoms with E-state index in [0.29, 0.717) is 18.0 Å². The van der Waals surface area contributed by atoms with E-state index in [1.165, 1.54) is 38.9 Å². The zero-order valence-corrected chi connectivity index (χ0v) is 13.5. The SMILES string of the molecule is CCCN1CCC(NC(c2nccn2C)C(C)C)CC1. The Morgan fingerprint density at radius 1 is 1.35 bits per heavy atom.